The maximum atomic E-state index is 13.8. The Balaban J connectivity index is 0.000000469. The predicted molar refractivity (Wildman–Crippen MR) is 99.5 cm³/mol. The predicted octanol–water partition coefficient (Wildman–Crippen LogP) is 5.29. The molecule has 2 rings (SSSR count). The molecule has 0 radical (unpaired) electrons. The first kappa shape index (κ1) is 22.9. The standard InChI is InChI=1S/C12H22FN.C7H16O.CH4/c1-9(2)11-6-7-14(8-12(11)13)10-4-3-5-10;1-6(2)5-7(3,4)8;/h9-12H,3-8H2,1-2H3;6,8H,5H2,1-4H3;1H4. The molecule has 0 spiro atoms. The van der Waals surface area contributed by atoms with E-state index in [2.05, 4.69) is 32.6 Å². The summed E-state index contributed by atoms with van der Waals surface area (Å²) in [6.45, 7) is 14.0. The fourth-order valence-electron chi connectivity index (χ4n) is 3.78. The van der Waals surface area contributed by atoms with Crippen molar-refractivity contribution in [2.24, 2.45) is 17.8 Å². The third kappa shape index (κ3) is 8.49. The molecule has 1 N–H and O–H groups in total. The van der Waals surface area contributed by atoms with Crippen LogP contribution in [0.25, 0.3) is 0 Å². The SMILES string of the molecule is C.CC(C)C1CCN(C2CCC2)CC1F.CC(C)CC(C)(C)O. The molecule has 1 saturated heterocycles. The average molecular weight is 332 g/mol. The highest BCUT2D eigenvalue weighted by molar-refractivity contribution is 4.88. The molecule has 3 heteroatoms. The molecular weight excluding hydrogens is 289 g/mol. The summed E-state index contributed by atoms with van der Waals surface area (Å²) in [5, 5.41) is 9.19. The molecule has 1 heterocycles. The van der Waals surface area contributed by atoms with Crippen molar-refractivity contribution in [2.45, 2.75) is 98.9 Å². The van der Waals surface area contributed by atoms with Crippen molar-refractivity contribution in [1.29, 1.82) is 0 Å². The van der Waals surface area contributed by atoms with Gasteiger partial charge < -0.3 is 5.11 Å². The van der Waals surface area contributed by atoms with E-state index in [0.29, 0.717) is 24.3 Å². The van der Waals surface area contributed by atoms with Gasteiger partial charge in [-0.25, -0.2) is 4.39 Å². The minimum atomic E-state index is -0.579. The van der Waals surface area contributed by atoms with E-state index in [1.165, 1.54) is 19.3 Å². The molecule has 2 atom stereocenters. The summed E-state index contributed by atoms with van der Waals surface area (Å²) < 4.78 is 13.8. The van der Waals surface area contributed by atoms with E-state index < -0.39 is 11.8 Å². The van der Waals surface area contributed by atoms with Crippen molar-refractivity contribution in [1.82, 2.24) is 4.90 Å². The molecule has 0 amide bonds. The Morgan fingerprint density at radius 1 is 1.13 bits per heavy atom. The van der Waals surface area contributed by atoms with E-state index >= 15 is 0 Å². The molecule has 0 aromatic carbocycles. The first-order chi connectivity index (χ1) is 10.1. The summed E-state index contributed by atoms with van der Waals surface area (Å²) in [6, 6.07) is 0.723. The Labute approximate surface area is 144 Å². The number of halogens is 1. The molecule has 0 bridgehead atoms. The van der Waals surface area contributed by atoms with Gasteiger partial charge in [-0.15, -0.1) is 0 Å². The maximum absolute atomic E-state index is 13.8. The number of rotatable bonds is 4. The molecule has 2 nitrogen and oxygen atoms in total. The van der Waals surface area contributed by atoms with Gasteiger partial charge in [0.05, 0.1) is 5.60 Å². The Kier molecular flexibility index (Phi) is 9.92. The van der Waals surface area contributed by atoms with E-state index in [-0.39, 0.29) is 7.43 Å². The monoisotopic (exact) mass is 331 g/mol. The van der Waals surface area contributed by atoms with Gasteiger partial charge in [-0.1, -0.05) is 41.5 Å². The molecule has 0 aromatic heterocycles. The van der Waals surface area contributed by atoms with E-state index in [1.54, 1.807) is 0 Å². The summed E-state index contributed by atoms with van der Waals surface area (Å²) in [5.74, 6) is 1.41. The molecule has 2 aliphatic rings. The lowest BCUT2D eigenvalue weighted by Crippen LogP contribution is -2.50. The fourth-order valence-corrected chi connectivity index (χ4v) is 3.78. The number of aliphatic hydroxyl groups is 1. The van der Waals surface area contributed by atoms with Crippen LogP contribution < -0.4 is 0 Å². The molecule has 2 fully saturated rings. The molecule has 140 valence electrons. The van der Waals surface area contributed by atoms with Crippen LogP contribution in [0.2, 0.25) is 0 Å². The van der Waals surface area contributed by atoms with Gasteiger partial charge in [0.1, 0.15) is 6.17 Å². The molecule has 1 saturated carbocycles. The highest BCUT2D eigenvalue weighted by Crippen LogP contribution is 2.32. The number of likely N-dealkylation sites (tertiary alicyclic amines) is 1. The van der Waals surface area contributed by atoms with Crippen LogP contribution in [0.4, 0.5) is 4.39 Å². The van der Waals surface area contributed by atoms with Gasteiger partial charge in [0.2, 0.25) is 0 Å². The third-order valence-electron chi connectivity index (χ3n) is 4.98. The normalized spacial score (nSPS) is 26.3. The van der Waals surface area contributed by atoms with Crippen molar-refractivity contribution < 1.29 is 9.50 Å². The van der Waals surface area contributed by atoms with Gasteiger partial charge in [-0.2, -0.15) is 0 Å². The van der Waals surface area contributed by atoms with Crippen LogP contribution in [-0.2, 0) is 0 Å². The first-order valence-corrected chi connectivity index (χ1v) is 9.20. The molecule has 2 unspecified atom stereocenters. The van der Waals surface area contributed by atoms with Crippen molar-refractivity contribution >= 4 is 0 Å². The summed E-state index contributed by atoms with van der Waals surface area (Å²) in [4.78, 5) is 2.38. The highest BCUT2D eigenvalue weighted by Gasteiger charge is 2.35. The minimum absolute atomic E-state index is 0. The Morgan fingerprint density at radius 2 is 1.70 bits per heavy atom. The lowest BCUT2D eigenvalue weighted by atomic mass is 9.82. The summed E-state index contributed by atoms with van der Waals surface area (Å²) >= 11 is 0. The minimum Gasteiger partial charge on any atom is -0.390 e. The maximum Gasteiger partial charge on any atom is 0.116 e. The number of nitrogens with zero attached hydrogens (tertiary/aromatic N) is 1. The number of hydrogen-bond acceptors (Lipinski definition) is 2. The van der Waals surface area contributed by atoms with Crippen LogP contribution in [0.1, 0.15) is 81.1 Å². The van der Waals surface area contributed by atoms with E-state index in [9.17, 15) is 9.50 Å². The lowest BCUT2D eigenvalue weighted by Gasteiger charge is -2.44. The van der Waals surface area contributed by atoms with Crippen LogP contribution in [0.15, 0.2) is 0 Å². The van der Waals surface area contributed by atoms with E-state index in [4.69, 9.17) is 0 Å². The fraction of sp³-hybridized carbons (Fsp3) is 1.00. The average Bonchev–Trinajstić information content (AvgIpc) is 2.23. The zero-order chi connectivity index (χ0) is 16.9. The van der Waals surface area contributed by atoms with Gasteiger partial charge in [-0.05, 0) is 63.8 Å². The van der Waals surface area contributed by atoms with Crippen LogP contribution in [0.5, 0.6) is 0 Å². The van der Waals surface area contributed by atoms with Gasteiger partial charge in [0.25, 0.3) is 0 Å². The van der Waals surface area contributed by atoms with Crippen LogP contribution in [0.3, 0.4) is 0 Å². The largest absolute Gasteiger partial charge is 0.390 e. The van der Waals surface area contributed by atoms with Gasteiger partial charge in [0.15, 0.2) is 0 Å². The second kappa shape index (κ2) is 9.98. The lowest BCUT2D eigenvalue weighted by molar-refractivity contribution is 0.0153. The first-order valence-electron chi connectivity index (χ1n) is 9.20. The molecular formula is C20H42FNO. The number of piperidine rings is 1. The quantitative estimate of drug-likeness (QED) is 0.756. The topological polar surface area (TPSA) is 23.5 Å². The highest BCUT2D eigenvalue weighted by atomic mass is 19.1. The van der Waals surface area contributed by atoms with Crippen molar-refractivity contribution in [2.75, 3.05) is 13.1 Å². The third-order valence-corrected chi connectivity index (χ3v) is 4.98. The van der Waals surface area contributed by atoms with E-state index in [0.717, 1.165) is 25.4 Å². The Bertz CT molecular complexity index is 307. The second-order valence-corrected chi connectivity index (χ2v) is 8.70. The molecule has 1 aliphatic carbocycles. The molecule has 1 aliphatic heterocycles. The van der Waals surface area contributed by atoms with Crippen molar-refractivity contribution in [3.63, 3.8) is 0 Å². The van der Waals surface area contributed by atoms with Gasteiger partial charge in [-0.3, -0.25) is 4.90 Å². The summed E-state index contributed by atoms with van der Waals surface area (Å²) in [5.41, 5.74) is -0.478. The van der Waals surface area contributed by atoms with Crippen LogP contribution in [-0.4, -0.2) is 40.9 Å². The number of hydrogen-bond donors (Lipinski definition) is 1. The van der Waals surface area contributed by atoms with Crippen molar-refractivity contribution in [3.05, 3.63) is 0 Å². The Morgan fingerprint density at radius 3 is 1.96 bits per heavy atom. The van der Waals surface area contributed by atoms with Crippen LogP contribution >= 0.6 is 0 Å². The van der Waals surface area contributed by atoms with Crippen LogP contribution in [0, 0.1) is 17.8 Å². The van der Waals surface area contributed by atoms with Gasteiger partial charge in [0, 0.05) is 12.6 Å². The second-order valence-electron chi connectivity index (χ2n) is 8.70. The van der Waals surface area contributed by atoms with Gasteiger partial charge >= 0.3 is 0 Å². The molecule has 0 aromatic rings. The summed E-state index contributed by atoms with van der Waals surface area (Å²) in [6.07, 6.45) is 5.33. The zero-order valence-corrected chi connectivity index (χ0v) is 15.6. The van der Waals surface area contributed by atoms with Crippen molar-refractivity contribution in [3.8, 4) is 0 Å². The van der Waals surface area contributed by atoms with E-state index in [1.807, 2.05) is 13.8 Å². The number of alkyl halides is 1. The zero-order valence-electron chi connectivity index (χ0n) is 15.6. The molecule has 23 heavy (non-hydrogen) atoms. The summed E-state index contributed by atoms with van der Waals surface area (Å²) in [7, 11) is 0. The Hall–Kier alpha value is -0.150. The smallest absolute Gasteiger partial charge is 0.116 e.